The van der Waals surface area contributed by atoms with Crippen molar-refractivity contribution in [2.45, 2.75) is 25.8 Å². The molecule has 3 aromatic rings. The van der Waals surface area contributed by atoms with E-state index in [-0.39, 0.29) is 17.5 Å². The maximum atomic E-state index is 12.7. The van der Waals surface area contributed by atoms with Gasteiger partial charge in [-0.1, -0.05) is 12.1 Å². The number of fused-ring (bicyclic) bond motifs is 1. The maximum Gasteiger partial charge on any atom is 0.258 e. The topological polar surface area (TPSA) is 106 Å². The first kappa shape index (κ1) is 19.6. The van der Waals surface area contributed by atoms with Crippen LogP contribution in [0.5, 0.6) is 0 Å². The second kappa shape index (κ2) is 8.33. The summed E-state index contributed by atoms with van der Waals surface area (Å²) in [5, 5.41) is 9.46. The molecule has 1 saturated heterocycles. The molecule has 0 aliphatic carbocycles. The van der Waals surface area contributed by atoms with Crippen molar-refractivity contribution in [2.75, 3.05) is 24.5 Å². The monoisotopic (exact) mass is 402 g/mol. The number of pyridine rings is 1. The first-order valence-electron chi connectivity index (χ1n) is 9.93. The number of nitrogens with one attached hydrogen (secondary N) is 1. The quantitative estimate of drug-likeness (QED) is 0.714. The molecule has 0 spiro atoms. The molecule has 1 fully saturated rings. The number of aromatic nitrogens is 3. The van der Waals surface area contributed by atoms with Crippen molar-refractivity contribution in [3.8, 4) is 6.07 Å². The highest BCUT2D eigenvalue weighted by Gasteiger charge is 2.27. The lowest BCUT2D eigenvalue weighted by molar-refractivity contribution is -0.131. The molecule has 3 heterocycles. The van der Waals surface area contributed by atoms with Crippen molar-refractivity contribution < 1.29 is 4.79 Å². The minimum Gasteiger partial charge on any atom is -0.350 e. The van der Waals surface area contributed by atoms with Crippen LogP contribution in [0.15, 0.2) is 47.4 Å². The normalized spacial score (nSPS) is 16.5. The first-order valence-corrected chi connectivity index (χ1v) is 9.93. The Hall–Kier alpha value is -3.73. The number of H-pyrrole nitrogens is 1. The molecule has 8 heteroatoms. The summed E-state index contributed by atoms with van der Waals surface area (Å²) >= 11 is 0. The lowest BCUT2D eigenvalue weighted by Gasteiger charge is -2.40. The van der Waals surface area contributed by atoms with Gasteiger partial charge in [-0.05, 0) is 31.2 Å². The third-order valence-corrected chi connectivity index (χ3v) is 5.39. The van der Waals surface area contributed by atoms with Crippen molar-refractivity contribution in [1.82, 2.24) is 19.9 Å². The Balaban J connectivity index is 1.37. The van der Waals surface area contributed by atoms with Crippen LogP contribution in [-0.2, 0) is 11.2 Å². The van der Waals surface area contributed by atoms with E-state index in [1.165, 1.54) is 0 Å². The molecule has 1 amide bonds. The van der Waals surface area contributed by atoms with E-state index < -0.39 is 0 Å². The molecule has 8 nitrogen and oxygen atoms in total. The van der Waals surface area contributed by atoms with Gasteiger partial charge in [-0.25, -0.2) is 9.97 Å². The van der Waals surface area contributed by atoms with E-state index >= 15 is 0 Å². The predicted molar refractivity (Wildman–Crippen MR) is 113 cm³/mol. The van der Waals surface area contributed by atoms with Gasteiger partial charge in [0.25, 0.3) is 5.56 Å². The Morgan fingerprint density at radius 1 is 1.27 bits per heavy atom. The highest BCUT2D eigenvalue weighted by Crippen LogP contribution is 2.19. The van der Waals surface area contributed by atoms with Crippen LogP contribution in [0.2, 0.25) is 0 Å². The SMILES string of the molecule is CC1CN(C(=O)CCc2nc3ccccc3c(=O)[nH]2)CCN1c1ccc(C#N)cn1. The number of carbonyl (C=O) groups is 1. The zero-order valence-electron chi connectivity index (χ0n) is 16.7. The van der Waals surface area contributed by atoms with Crippen LogP contribution in [0, 0.1) is 11.3 Å². The minimum atomic E-state index is -0.180. The Morgan fingerprint density at radius 3 is 2.83 bits per heavy atom. The van der Waals surface area contributed by atoms with Crippen LogP contribution < -0.4 is 10.5 Å². The molecule has 1 atom stereocenters. The number of aromatic amines is 1. The summed E-state index contributed by atoms with van der Waals surface area (Å²) in [5.74, 6) is 1.39. The number of nitrogens with zero attached hydrogens (tertiary/aromatic N) is 5. The molecular formula is C22H22N6O2. The zero-order valence-corrected chi connectivity index (χ0v) is 16.7. The molecule has 1 unspecified atom stereocenters. The molecule has 152 valence electrons. The molecule has 1 aliphatic heterocycles. The van der Waals surface area contributed by atoms with Gasteiger partial charge in [-0.2, -0.15) is 5.26 Å². The third-order valence-electron chi connectivity index (χ3n) is 5.39. The van der Waals surface area contributed by atoms with Crippen LogP contribution in [0.1, 0.15) is 24.7 Å². The molecule has 0 saturated carbocycles. The summed E-state index contributed by atoms with van der Waals surface area (Å²) in [6.45, 7) is 3.94. The number of aryl methyl sites for hydroxylation is 1. The minimum absolute atomic E-state index is 0.0464. The van der Waals surface area contributed by atoms with Gasteiger partial charge in [0.15, 0.2) is 0 Å². The summed E-state index contributed by atoms with van der Waals surface area (Å²) < 4.78 is 0. The van der Waals surface area contributed by atoms with Gasteiger partial charge in [-0.3, -0.25) is 9.59 Å². The van der Waals surface area contributed by atoms with Gasteiger partial charge >= 0.3 is 0 Å². The highest BCUT2D eigenvalue weighted by molar-refractivity contribution is 5.78. The fourth-order valence-electron chi connectivity index (χ4n) is 3.78. The zero-order chi connectivity index (χ0) is 21.1. The summed E-state index contributed by atoms with van der Waals surface area (Å²) in [7, 11) is 0. The van der Waals surface area contributed by atoms with Crippen molar-refractivity contribution in [3.63, 3.8) is 0 Å². The lowest BCUT2D eigenvalue weighted by atomic mass is 10.1. The molecule has 1 aliphatic rings. The van der Waals surface area contributed by atoms with Crippen molar-refractivity contribution in [2.24, 2.45) is 0 Å². The number of hydrogen-bond acceptors (Lipinski definition) is 6. The number of anilines is 1. The van der Waals surface area contributed by atoms with Crippen molar-refractivity contribution in [1.29, 1.82) is 5.26 Å². The van der Waals surface area contributed by atoms with Crippen LogP contribution in [0.3, 0.4) is 0 Å². The molecule has 0 radical (unpaired) electrons. The van der Waals surface area contributed by atoms with Gasteiger partial charge in [-0.15, -0.1) is 0 Å². The van der Waals surface area contributed by atoms with E-state index in [0.717, 1.165) is 5.82 Å². The molecule has 1 aromatic carbocycles. The molecule has 1 N–H and O–H groups in total. The Labute approximate surface area is 173 Å². The van der Waals surface area contributed by atoms with Crippen LogP contribution >= 0.6 is 0 Å². The van der Waals surface area contributed by atoms with E-state index in [4.69, 9.17) is 5.26 Å². The Kier molecular flexibility index (Phi) is 5.44. The molecular weight excluding hydrogens is 380 g/mol. The van der Waals surface area contributed by atoms with E-state index in [1.807, 2.05) is 17.0 Å². The first-order chi connectivity index (χ1) is 14.5. The number of benzene rings is 1. The van der Waals surface area contributed by atoms with Crippen LogP contribution in [0.4, 0.5) is 5.82 Å². The third kappa shape index (κ3) is 4.01. The van der Waals surface area contributed by atoms with Gasteiger partial charge in [0.2, 0.25) is 5.91 Å². The average molecular weight is 402 g/mol. The maximum absolute atomic E-state index is 12.7. The van der Waals surface area contributed by atoms with Crippen LogP contribution in [0.25, 0.3) is 10.9 Å². The molecule has 2 aromatic heterocycles. The number of nitriles is 1. The number of amides is 1. The highest BCUT2D eigenvalue weighted by atomic mass is 16.2. The van der Waals surface area contributed by atoms with E-state index in [0.29, 0.717) is 54.8 Å². The average Bonchev–Trinajstić information content (AvgIpc) is 2.77. The second-order valence-electron chi connectivity index (χ2n) is 7.43. The number of para-hydroxylation sites is 1. The smallest absolute Gasteiger partial charge is 0.258 e. The lowest BCUT2D eigenvalue weighted by Crippen LogP contribution is -2.54. The van der Waals surface area contributed by atoms with E-state index in [2.05, 4.69) is 32.8 Å². The van der Waals surface area contributed by atoms with Gasteiger partial charge in [0, 0.05) is 44.7 Å². The number of carbonyl (C=O) groups excluding carboxylic acids is 1. The Morgan fingerprint density at radius 2 is 2.10 bits per heavy atom. The molecule has 30 heavy (non-hydrogen) atoms. The molecule has 4 rings (SSSR count). The largest absolute Gasteiger partial charge is 0.350 e. The second-order valence-corrected chi connectivity index (χ2v) is 7.43. The van der Waals surface area contributed by atoms with Crippen LogP contribution in [-0.4, -0.2) is 51.4 Å². The summed E-state index contributed by atoms with van der Waals surface area (Å²) in [6, 6.07) is 13.0. The summed E-state index contributed by atoms with van der Waals surface area (Å²) in [4.78, 5) is 40.5. The summed E-state index contributed by atoms with van der Waals surface area (Å²) in [5.41, 5.74) is 0.988. The van der Waals surface area contributed by atoms with Crippen molar-refractivity contribution >= 4 is 22.6 Å². The number of hydrogen-bond donors (Lipinski definition) is 1. The fourth-order valence-corrected chi connectivity index (χ4v) is 3.78. The standard InChI is InChI=1S/C22H22N6O2/c1-15-14-27(10-11-28(15)20-8-6-16(12-23)13-24-20)21(29)9-7-19-25-18-5-3-2-4-17(18)22(30)26-19/h2-6,8,13,15H,7,9-11,14H2,1H3,(H,25,26,30). The Bertz CT molecular complexity index is 1160. The van der Waals surface area contributed by atoms with Gasteiger partial charge < -0.3 is 14.8 Å². The summed E-state index contributed by atoms with van der Waals surface area (Å²) in [6.07, 6.45) is 2.25. The van der Waals surface area contributed by atoms with Crippen molar-refractivity contribution in [3.05, 3.63) is 64.3 Å². The number of rotatable bonds is 4. The fraction of sp³-hybridized carbons (Fsp3) is 0.318. The van der Waals surface area contributed by atoms with Gasteiger partial charge in [0.1, 0.15) is 17.7 Å². The van der Waals surface area contributed by atoms with Gasteiger partial charge in [0.05, 0.1) is 16.5 Å². The number of piperazine rings is 1. The van der Waals surface area contributed by atoms with E-state index in [9.17, 15) is 9.59 Å². The van der Waals surface area contributed by atoms with E-state index in [1.54, 1.807) is 30.5 Å². The molecule has 0 bridgehead atoms. The predicted octanol–water partition coefficient (Wildman–Crippen LogP) is 1.86.